The first-order valence-corrected chi connectivity index (χ1v) is 10.5. The molecular weight excluding hydrogens is 348 g/mol. The molecule has 1 aliphatic heterocycles. The van der Waals surface area contributed by atoms with Gasteiger partial charge in [-0.05, 0) is 61.5 Å². The van der Waals surface area contributed by atoms with Crippen LogP contribution in [0.3, 0.4) is 0 Å². The number of aliphatic carboxylic acids is 1. The molecular formula is C24H30N2O2. The van der Waals surface area contributed by atoms with E-state index in [4.69, 9.17) is 5.11 Å². The second kappa shape index (κ2) is 8.89. The van der Waals surface area contributed by atoms with Crippen LogP contribution in [0.5, 0.6) is 0 Å². The molecule has 28 heavy (non-hydrogen) atoms. The molecule has 4 heteroatoms. The minimum absolute atomic E-state index is 0.102. The van der Waals surface area contributed by atoms with Crippen LogP contribution in [0.1, 0.15) is 41.9 Å². The van der Waals surface area contributed by atoms with Crippen molar-refractivity contribution in [2.45, 2.75) is 44.2 Å². The minimum Gasteiger partial charge on any atom is -0.481 e. The number of carbonyl (C=O) groups is 1. The Morgan fingerprint density at radius 1 is 1.00 bits per heavy atom. The van der Waals surface area contributed by atoms with Crippen LogP contribution in [-0.4, -0.2) is 41.7 Å². The molecule has 1 aliphatic carbocycles. The Balaban J connectivity index is 1.16. The molecule has 2 aromatic carbocycles. The fourth-order valence-corrected chi connectivity index (χ4v) is 4.35. The topological polar surface area (TPSA) is 52.6 Å². The van der Waals surface area contributed by atoms with E-state index in [9.17, 15) is 4.79 Å². The van der Waals surface area contributed by atoms with E-state index in [1.54, 1.807) is 0 Å². The van der Waals surface area contributed by atoms with Gasteiger partial charge in [-0.25, -0.2) is 0 Å². The van der Waals surface area contributed by atoms with Crippen molar-refractivity contribution in [3.8, 4) is 0 Å². The third-order valence-corrected chi connectivity index (χ3v) is 6.18. The van der Waals surface area contributed by atoms with Gasteiger partial charge >= 0.3 is 5.97 Å². The van der Waals surface area contributed by atoms with E-state index in [0.717, 1.165) is 37.7 Å². The lowest BCUT2D eigenvalue weighted by atomic mass is 9.96. The number of carboxylic acid groups (broad SMARTS) is 1. The first kappa shape index (κ1) is 19.2. The third kappa shape index (κ3) is 5.21. The molecule has 0 spiro atoms. The SMILES string of the molecule is O=C(O)Cc1ccc(CN2CCC(CN[C@@H]3C[C@H]3c3ccccc3)CC2)cc1. The van der Waals surface area contributed by atoms with Crippen LogP contribution in [0.25, 0.3) is 0 Å². The maximum Gasteiger partial charge on any atom is 0.307 e. The fourth-order valence-electron chi connectivity index (χ4n) is 4.35. The molecule has 2 atom stereocenters. The number of benzene rings is 2. The van der Waals surface area contributed by atoms with E-state index in [2.05, 4.69) is 52.7 Å². The van der Waals surface area contributed by atoms with Crippen LogP contribution in [-0.2, 0) is 17.8 Å². The summed E-state index contributed by atoms with van der Waals surface area (Å²) in [7, 11) is 0. The second-order valence-electron chi connectivity index (χ2n) is 8.37. The summed E-state index contributed by atoms with van der Waals surface area (Å²) >= 11 is 0. The molecule has 1 heterocycles. The standard InChI is InChI=1S/C24H30N2O2/c27-24(28)14-18-6-8-20(9-7-18)17-26-12-10-19(11-13-26)16-25-23-15-22(23)21-4-2-1-3-5-21/h1-9,19,22-23,25H,10-17H2,(H,27,28)/t22-,23+/m0/s1. The molecule has 0 amide bonds. The van der Waals surface area contributed by atoms with Crippen LogP contribution in [0.2, 0.25) is 0 Å². The van der Waals surface area contributed by atoms with E-state index in [1.807, 2.05) is 12.1 Å². The van der Waals surface area contributed by atoms with E-state index < -0.39 is 5.97 Å². The van der Waals surface area contributed by atoms with E-state index in [0.29, 0.717) is 12.0 Å². The normalized spacial score (nSPS) is 22.9. The molecule has 1 saturated heterocycles. The Morgan fingerprint density at radius 2 is 1.68 bits per heavy atom. The number of nitrogens with one attached hydrogen (secondary N) is 1. The Morgan fingerprint density at radius 3 is 2.36 bits per heavy atom. The summed E-state index contributed by atoms with van der Waals surface area (Å²) in [5.74, 6) is 0.723. The van der Waals surface area contributed by atoms with Crippen molar-refractivity contribution in [1.29, 1.82) is 0 Å². The third-order valence-electron chi connectivity index (χ3n) is 6.18. The number of piperidine rings is 1. The van der Waals surface area contributed by atoms with Crippen LogP contribution >= 0.6 is 0 Å². The second-order valence-corrected chi connectivity index (χ2v) is 8.37. The number of hydrogen-bond donors (Lipinski definition) is 2. The summed E-state index contributed by atoms with van der Waals surface area (Å²) in [6.45, 7) is 4.41. The minimum atomic E-state index is -0.773. The predicted octanol–water partition coefficient (Wildman–Crippen LogP) is 3.67. The number of nitrogens with zero attached hydrogens (tertiary/aromatic N) is 1. The number of rotatable bonds is 8. The average molecular weight is 379 g/mol. The molecule has 2 N–H and O–H groups in total. The molecule has 4 nitrogen and oxygen atoms in total. The van der Waals surface area contributed by atoms with E-state index in [-0.39, 0.29) is 6.42 Å². The van der Waals surface area contributed by atoms with Gasteiger partial charge in [-0.2, -0.15) is 0 Å². The molecule has 1 saturated carbocycles. The molecule has 2 fully saturated rings. The quantitative estimate of drug-likeness (QED) is 0.736. The van der Waals surface area contributed by atoms with Crippen LogP contribution in [0.4, 0.5) is 0 Å². The summed E-state index contributed by atoms with van der Waals surface area (Å²) in [6, 6.07) is 19.6. The smallest absolute Gasteiger partial charge is 0.307 e. The average Bonchev–Trinajstić information content (AvgIpc) is 3.49. The lowest BCUT2D eigenvalue weighted by Gasteiger charge is -2.32. The highest BCUT2D eigenvalue weighted by atomic mass is 16.4. The lowest BCUT2D eigenvalue weighted by Crippen LogP contribution is -2.37. The van der Waals surface area contributed by atoms with Crippen molar-refractivity contribution in [1.82, 2.24) is 10.2 Å². The summed E-state index contributed by atoms with van der Waals surface area (Å²) in [6.07, 6.45) is 3.89. The van der Waals surface area contributed by atoms with E-state index >= 15 is 0 Å². The fraction of sp³-hybridized carbons (Fsp3) is 0.458. The van der Waals surface area contributed by atoms with Crippen LogP contribution < -0.4 is 5.32 Å². The van der Waals surface area contributed by atoms with Crippen molar-refractivity contribution < 1.29 is 9.90 Å². The van der Waals surface area contributed by atoms with Crippen molar-refractivity contribution >= 4 is 5.97 Å². The van der Waals surface area contributed by atoms with Gasteiger partial charge in [0.05, 0.1) is 6.42 Å². The summed E-state index contributed by atoms with van der Waals surface area (Å²) in [5, 5.41) is 12.7. The zero-order valence-electron chi connectivity index (χ0n) is 16.4. The number of carboxylic acids is 1. The largest absolute Gasteiger partial charge is 0.481 e. The van der Waals surface area contributed by atoms with Crippen molar-refractivity contribution in [3.05, 3.63) is 71.3 Å². The molecule has 148 valence electrons. The van der Waals surface area contributed by atoms with Crippen molar-refractivity contribution in [2.75, 3.05) is 19.6 Å². The maximum absolute atomic E-state index is 10.8. The van der Waals surface area contributed by atoms with Gasteiger partial charge in [-0.3, -0.25) is 9.69 Å². The molecule has 4 rings (SSSR count). The molecule has 0 aromatic heterocycles. The summed E-state index contributed by atoms with van der Waals surface area (Å²) in [5.41, 5.74) is 3.62. The Kier molecular flexibility index (Phi) is 6.08. The Hall–Kier alpha value is -2.17. The Labute approximate surface area is 167 Å². The highest BCUT2D eigenvalue weighted by Crippen LogP contribution is 2.40. The Bertz CT molecular complexity index is 767. The molecule has 0 unspecified atom stereocenters. The zero-order valence-corrected chi connectivity index (χ0v) is 16.4. The highest BCUT2D eigenvalue weighted by Gasteiger charge is 2.38. The number of likely N-dealkylation sites (tertiary alicyclic amines) is 1. The van der Waals surface area contributed by atoms with Crippen molar-refractivity contribution in [2.24, 2.45) is 5.92 Å². The van der Waals surface area contributed by atoms with Gasteiger partial charge in [-0.1, -0.05) is 54.6 Å². The molecule has 0 radical (unpaired) electrons. The van der Waals surface area contributed by atoms with Gasteiger partial charge < -0.3 is 10.4 Å². The molecule has 0 bridgehead atoms. The van der Waals surface area contributed by atoms with E-state index in [1.165, 1.54) is 30.4 Å². The zero-order chi connectivity index (χ0) is 19.3. The molecule has 2 aliphatic rings. The first-order chi connectivity index (χ1) is 13.7. The first-order valence-electron chi connectivity index (χ1n) is 10.5. The highest BCUT2D eigenvalue weighted by molar-refractivity contribution is 5.70. The van der Waals surface area contributed by atoms with Gasteiger partial charge in [0, 0.05) is 18.5 Å². The number of hydrogen-bond acceptors (Lipinski definition) is 3. The van der Waals surface area contributed by atoms with Gasteiger partial charge in [-0.15, -0.1) is 0 Å². The van der Waals surface area contributed by atoms with Crippen LogP contribution in [0, 0.1) is 5.92 Å². The van der Waals surface area contributed by atoms with Gasteiger partial charge in [0.1, 0.15) is 0 Å². The maximum atomic E-state index is 10.8. The summed E-state index contributed by atoms with van der Waals surface area (Å²) < 4.78 is 0. The monoisotopic (exact) mass is 378 g/mol. The van der Waals surface area contributed by atoms with Crippen LogP contribution in [0.15, 0.2) is 54.6 Å². The van der Waals surface area contributed by atoms with Gasteiger partial charge in [0.2, 0.25) is 0 Å². The van der Waals surface area contributed by atoms with Crippen molar-refractivity contribution in [3.63, 3.8) is 0 Å². The van der Waals surface area contributed by atoms with Gasteiger partial charge in [0.15, 0.2) is 0 Å². The predicted molar refractivity (Wildman–Crippen MR) is 111 cm³/mol. The lowest BCUT2D eigenvalue weighted by molar-refractivity contribution is -0.136. The summed E-state index contributed by atoms with van der Waals surface area (Å²) in [4.78, 5) is 13.3. The molecule has 2 aromatic rings. The van der Waals surface area contributed by atoms with Gasteiger partial charge in [0.25, 0.3) is 0 Å².